The Hall–Kier alpha value is -2.74. The number of hydrogen-bond donors (Lipinski definition) is 3. The van der Waals surface area contributed by atoms with Crippen LogP contribution < -0.4 is 10.6 Å². The molecule has 116 valence electrons. The topological polar surface area (TPSA) is 113 Å². The highest BCUT2D eigenvalue weighted by molar-refractivity contribution is 5.59. The molecule has 1 aromatic carbocycles. The van der Waals surface area contributed by atoms with Gasteiger partial charge in [-0.05, 0) is 12.5 Å². The van der Waals surface area contributed by atoms with E-state index in [9.17, 15) is 15.2 Å². The van der Waals surface area contributed by atoms with Gasteiger partial charge in [-0.15, -0.1) is 0 Å². The number of benzene rings is 1. The van der Waals surface area contributed by atoms with Crippen molar-refractivity contribution in [1.82, 2.24) is 9.97 Å². The van der Waals surface area contributed by atoms with E-state index in [4.69, 9.17) is 0 Å². The molecule has 8 heteroatoms. The summed E-state index contributed by atoms with van der Waals surface area (Å²) < 4.78 is 0. The van der Waals surface area contributed by atoms with Crippen LogP contribution in [0.25, 0.3) is 0 Å². The van der Waals surface area contributed by atoms with Gasteiger partial charge in [-0.3, -0.25) is 10.1 Å². The van der Waals surface area contributed by atoms with Crippen LogP contribution in [0.15, 0.2) is 30.5 Å². The minimum absolute atomic E-state index is 0.0127. The van der Waals surface area contributed by atoms with Gasteiger partial charge in [-0.1, -0.05) is 13.0 Å². The maximum absolute atomic E-state index is 10.8. The van der Waals surface area contributed by atoms with Crippen molar-refractivity contribution >= 4 is 23.1 Å². The number of aliphatic hydroxyl groups is 1. The number of aliphatic hydroxyl groups excluding tert-OH is 1. The van der Waals surface area contributed by atoms with E-state index >= 15 is 0 Å². The molecule has 2 rings (SSSR count). The summed E-state index contributed by atoms with van der Waals surface area (Å²) in [5, 5.41) is 26.1. The molecule has 8 nitrogen and oxygen atoms in total. The number of non-ortho nitro benzene ring substituents is 1. The summed E-state index contributed by atoms with van der Waals surface area (Å²) in [6.45, 7) is 2.58. The minimum atomic E-state index is -0.463. The Morgan fingerprint density at radius 2 is 2.23 bits per heavy atom. The SMILES string of the molecule is CCCNc1nc(Nc2cccc([N+](=O)[O-])c2)ncc1CO. The zero-order valence-electron chi connectivity index (χ0n) is 12.1. The molecule has 0 aliphatic rings. The van der Waals surface area contributed by atoms with Crippen LogP contribution in [0, 0.1) is 10.1 Å². The van der Waals surface area contributed by atoms with Crippen LogP contribution in [-0.2, 0) is 6.61 Å². The van der Waals surface area contributed by atoms with E-state index in [1.807, 2.05) is 6.92 Å². The Bertz CT molecular complexity index is 663. The van der Waals surface area contributed by atoms with Gasteiger partial charge < -0.3 is 15.7 Å². The van der Waals surface area contributed by atoms with Crippen molar-refractivity contribution in [2.45, 2.75) is 20.0 Å². The van der Waals surface area contributed by atoms with Crippen molar-refractivity contribution in [2.75, 3.05) is 17.2 Å². The summed E-state index contributed by atoms with van der Waals surface area (Å²) in [5.74, 6) is 0.851. The Balaban J connectivity index is 2.22. The maximum Gasteiger partial charge on any atom is 0.271 e. The monoisotopic (exact) mass is 303 g/mol. The van der Waals surface area contributed by atoms with Gasteiger partial charge >= 0.3 is 0 Å². The zero-order chi connectivity index (χ0) is 15.9. The van der Waals surface area contributed by atoms with E-state index in [1.165, 1.54) is 18.3 Å². The minimum Gasteiger partial charge on any atom is -0.391 e. The number of nitro groups is 1. The third kappa shape index (κ3) is 3.89. The molecule has 1 heterocycles. The maximum atomic E-state index is 10.8. The molecule has 2 aromatic rings. The highest BCUT2D eigenvalue weighted by Gasteiger charge is 2.09. The van der Waals surface area contributed by atoms with E-state index in [-0.39, 0.29) is 12.3 Å². The fraction of sp³-hybridized carbons (Fsp3) is 0.286. The van der Waals surface area contributed by atoms with Crippen molar-refractivity contribution in [2.24, 2.45) is 0 Å². The molecule has 0 spiro atoms. The van der Waals surface area contributed by atoms with Crippen LogP contribution in [-0.4, -0.2) is 26.5 Å². The molecule has 0 amide bonds. The van der Waals surface area contributed by atoms with Crippen molar-refractivity contribution < 1.29 is 10.0 Å². The first-order valence-corrected chi connectivity index (χ1v) is 6.86. The van der Waals surface area contributed by atoms with Gasteiger partial charge in [0.25, 0.3) is 5.69 Å². The number of hydrogen-bond acceptors (Lipinski definition) is 7. The summed E-state index contributed by atoms with van der Waals surface area (Å²) in [5.41, 5.74) is 1.10. The summed E-state index contributed by atoms with van der Waals surface area (Å²) in [6, 6.07) is 6.09. The molecule has 0 aliphatic carbocycles. The lowest BCUT2D eigenvalue weighted by atomic mass is 10.3. The Kier molecular flexibility index (Phi) is 5.21. The van der Waals surface area contributed by atoms with Crippen LogP contribution >= 0.6 is 0 Å². The fourth-order valence-electron chi connectivity index (χ4n) is 1.81. The second-order valence-corrected chi connectivity index (χ2v) is 4.58. The highest BCUT2D eigenvalue weighted by atomic mass is 16.6. The van der Waals surface area contributed by atoms with Crippen molar-refractivity contribution in [3.63, 3.8) is 0 Å². The summed E-state index contributed by atoms with van der Waals surface area (Å²) in [4.78, 5) is 18.7. The first kappa shape index (κ1) is 15.6. The zero-order valence-corrected chi connectivity index (χ0v) is 12.1. The third-order valence-electron chi connectivity index (χ3n) is 2.89. The lowest BCUT2D eigenvalue weighted by molar-refractivity contribution is -0.384. The quantitative estimate of drug-likeness (QED) is 0.531. The average molecular weight is 303 g/mol. The molecule has 22 heavy (non-hydrogen) atoms. The van der Waals surface area contributed by atoms with Gasteiger partial charge in [0.2, 0.25) is 5.95 Å². The molecule has 0 saturated heterocycles. The van der Waals surface area contributed by atoms with Gasteiger partial charge in [0.15, 0.2) is 0 Å². The molecule has 1 aromatic heterocycles. The second kappa shape index (κ2) is 7.32. The normalized spacial score (nSPS) is 10.3. The molecule has 0 unspecified atom stereocenters. The highest BCUT2D eigenvalue weighted by Crippen LogP contribution is 2.21. The molecule has 0 aliphatic heterocycles. The predicted octanol–water partition coefficient (Wildman–Crippen LogP) is 2.44. The molecular formula is C14H17N5O3. The number of nitro benzene ring substituents is 1. The summed E-state index contributed by atoms with van der Waals surface area (Å²) in [7, 11) is 0. The largest absolute Gasteiger partial charge is 0.391 e. The number of anilines is 3. The van der Waals surface area contributed by atoms with Crippen molar-refractivity contribution in [1.29, 1.82) is 0 Å². The van der Waals surface area contributed by atoms with Crippen LogP contribution in [0.1, 0.15) is 18.9 Å². The van der Waals surface area contributed by atoms with E-state index in [2.05, 4.69) is 20.6 Å². The fourth-order valence-corrected chi connectivity index (χ4v) is 1.81. The lowest BCUT2D eigenvalue weighted by Gasteiger charge is -2.11. The van der Waals surface area contributed by atoms with Crippen molar-refractivity contribution in [3.05, 3.63) is 46.1 Å². The van der Waals surface area contributed by atoms with Gasteiger partial charge in [0.05, 0.1) is 11.5 Å². The van der Waals surface area contributed by atoms with Crippen molar-refractivity contribution in [3.8, 4) is 0 Å². The van der Waals surface area contributed by atoms with E-state index in [1.54, 1.807) is 12.1 Å². The molecule has 0 radical (unpaired) electrons. The van der Waals surface area contributed by atoms with E-state index in [0.717, 1.165) is 13.0 Å². The molecule has 0 atom stereocenters. The molecule has 3 N–H and O–H groups in total. The Morgan fingerprint density at radius 3 is 2.91 bits per heavy atom. The van der Waals surface area contributed by atoms with Gasteiger partial charge in [-0.2, -0.15) is 4.98 Å². The molecule has 0 saturated carbocycles. The lowest BCUT2D eigenvalue weighted by Crippen LogP contribution is -2.08. The predicted molar refractivity (Wildman–Crippen MR) is 83.1 cm³/mol. The first-order chi connectivity index (χ1) is 10.6. The summed E-state index contributed by atoms with van der Waals surface area (Å²) >= 11 is 0. The molecule has 0 bridgehead atoms. The Labute approximate surface area is 127 Å². The Morgan fingerprint density at radius 1 is 1.41 bits per heavy atom. The number of rotatable bonds is 7. The average Bonchev–Trinajstić information content (AvgIpc) is 2.53. The van der Waals surface area contributed by atoms with E-state index in [0.29, 0.717) is 23.0 Å². The van der Waals surface area contributed by atoms with E-state index < -0.39 is 4.92 Å². The molecule has 0 fully saturated rings. The van der Waals surface area contributed by atoms with Gasteiger partial charge in [-0.25, -0.2) is 4.98 Å². The van der Waals surface area contributed by atoms with Gasteiger partial charge in [0.1, 0.15) is 5.82 Å². The van der Waals surface area contributed by atoms with Crippen LogP contribution in [0.5, 0.6) is 0 Å². The number of nitrogens with one attached hydrogen (secondary N) is 2. The second-order valence-electron chi connectivity index (χ2n) is 4.58. The van der Waals surface area contributed by atoms with Crippen LogP contribution in [0.2, 0.25) is 0 Å². The number of aromatic nitrogens is 2. The van der Waals surface area contributed by atoms with Crippen LogP contribution in [0.3, 0.4) is 0 Å². The summed E-state index contributed by atoms with van der Waals surface area (Å²) in [6.07, 6.45) is 2.44. The third-order valence-corrected chi connectivity index (χ3v) is 2.89. The van der Waals surface area contributed by atoms with Gasteiger partial charge in [0, 0.05) is 36.1 Å². The number of nitrogens with zero attached hydrogens (tertiary/aromatic N) is 3. The molecular weight excluding hydrogens is 286 g/mol. The smallest absolute Gasteiger partial charge is 0.271 e. The first-order valence-electron chi connectivity index (χ1n) is 6.86. The standard InChI is InChI=1S/C14H17N5O3/c1-2-6-15-13-10(9-20)8-16-14(18-13)17-11-4-3-5-12(7-11)19(21)22/h3-5,7-8,20H,2,6,9H2,1H3,(H2,15,16,17,18). The van der Waals surface area contributed by atoms with Crippen LogP contribution in [0.4, 0.5) is 23.1 Å².